The van der Waals surface area contributed by atoms with Crippen LogP contribution < -0.4 is 5.32 Å². The lowest BCUT2D eigenvalue weighted by molar-refractivity contribution is -0.394. The Morgan fingerprint density at radius 1 is 1.25 bits per heavy atom. The molecule has 0 spiro atoms. The van der Waals surface area contributed by atoms with Crippen molar-refractivity contribution in [3.05, 3.63) is 32.5 Å². The summed E-state index contributed by atoms with van der Waals surface area (Å²) in [6, 6.07) is 0.931. The molecule has 0 saturated carbocycles. The van der Waals surface area contributed by atoms with Crippen LogP contribution in [0.1, 0.15) is 25.7 Å². The van der Waals surface area contributed by atoms with Crippen molar-refractivity contribution in [2.24, 2.45) is 0 Å². The first-order chi connectivity index (χ1) is 13.1. The van der Waals surface area contributed by atoms with Gasteiger partial charge in [0.05, 0.1) is 23.0 Å². The molecular formula is C14H23N5O8S. The van der Waals surface area contributed by atoms with E-state index in [4.69, 9.17) is 4.55 Å². The van der Waals surface area contributed by atoms with E-state index >= 15 is 0 Å². The maximum absolute atomic E-state index is 11.0. The van der Waals surface area contributed by atoms with Gasteiger partial charge in [0.1, 0.15) is 6.20 Å². The largest absolute Gasteiger partial charge is 0.397 e. The van der Waals surface area contributed by atoms with Crippen LogP contribution in [-0.4, -0.2) is 66.0 Å². The summed E-state index contributed by atoms with van der Waals surface area (Å²) in [5.74, 6) is 0.0780. The molecule has 0 unspecified atom stereocenters. The van der Waals surface area contributed by atoms with Crippen LogP contribution in [0.3, 0.4) is 0 Å². The van der Waals surface area contributed by atoms with Crippen LogP contribution in [0.25, 0.3) is 0 Å². The van der Waals surface area contributed by atoms with Gasteiger partial charge in [0.15, 0.2) is 0 Å². The van der Waals surface area contributed by atoms with Gasteiger partial charge in [-0.05, 0) is 38.9 Å². The SMILES string of the molecule is COS(=O)(=O)O.O=[N+]([O-])c1cnc(NCCCN2CCCCC2)c([N+](=O)[O-])c1. The highest BCUT2D eigenvalue weighted by atomic mass is 32.3. The molecule has 1 aromatic heterocycles. The number of pyridine rings is 1. The van der Waals surface area contributed by atoms with Crippen LogP contribution in [0.2, 0.25) is 0 Å². The molecule has 0 radical (unpaired) electrons. The molecule has 2 heterocycles. The molecule has 13 nitrogen and oxygen atoms in total. The van der Waals surface area contributed by atoms with E-state index in [2.05, 4.69) is 19.4 Å². The molecule has 0 bridgehead atoms. The third-order valence-electron chi connectivity index (χ3n) is 3.86. The second-order valence-electron chi connectivity index (χ2n) is 5.85. The number of hydrogen-bond acceptors (Lipinski definition) is 10. The van der Waals surface area contributed by atoms with Gasteiger partial charge < -0.3 is 10.2 Å². The number of rotatable bonds is 8. The smallest absolute Gasteiger partial charge is 0.364 e. The third-order valence-corrected chi connectivity index (χ3v) is 4.28. The predicted molar refractivity (Wildman–Crippen MR) is 99.5 cm³/mol. The van der Waals surface area contributed by atoms with Gasteiger partial charge in [-0.2, -0.15) is 8.42 Å². The lowest BCUT2D eigenvalue weighted by Gasteiger charge is -2.26. The van der Waals surface area contributed by atoms with Crippen LogP contribution >= 0.6 is 0 Å². The minimum atomic E-state index is -4.16. The fourth-order valence-corrected chi connectivity index (χ4v) is 2.51. The van der Waals surface area contributed by atoms with Crippen LogP contribution in [0.4, 0.5) is 17.2 Å². The van der Waals surface area contributed by atoms with Crippen LogP contribution in [0, 0.1) is 20.2 Å². The highest BCUT2D eigenvalue weighted by molar-refractivity contribution is 7.80. The van der Waals surface area contributed by atoms with Gasteiger partial charge in [-0.25, -0.2) is 4.98 Å². The Labute approximate surface area is 162 Å². The topological polar surface area (TPSA) is 178 Å². The lowest BCUT2D eigenvalue weighted by Crippen LogP contribution is -2.31. The first kappa shape index (κ1) is 23.6. The highest BCUT2D eigenvalue weighted by Gasteiger charge is 2.20. The fraction of sp³-hybridized carbons (Fsp3) is 0.643. The first-order valence-corrected chi connectivity index (χ1v) is 9.78. The summed E-state index contributed by atoms with van der Waals surface area (Å²) in [5, 5.41) is 24.5. The highest BCUT2D eigenvalue weighted by Crippen LogP contribution is 2.26. The van der Waals surface area contributed by atoms with E-state index < -0.39 is 20.2 Å². The molecule has 158 valence electrons. The van der Waals surface area contributed by atoms with Gasteiger partial charge >= 0.3 is 16.1 Å². The monoisotopic (exact) mass is 421 g/mol. The number of nitrogens with one attached hydrogen (secondary N) is 1. The first-order valence-electron chi connectivity index (χ1n) is 8.42. The minimum absolute atomic E-state index is 0.0780. The normalized spacial score (nSPS) is 14.6. The van der Waals surface area contributed by atoms with Crippen molar-refractivity contribution in [3.63, 3.8) is 0 Å². The van der Waals surface area contributed by atoms with Crippen LogP contribution in [0.5, 0.6) is 0 Å². The number of nitrogens with zero attached hydrogens (tertiary/aromatic N) is 4. The summed E-state index contributed by atoms with van der Waals surface area (Å²) in [5.41, 5.74) is -0.752. The van der Waals surface area contributed by atoms with Gasteiger partial charge in [0.2, 0.25) is 5.82 Å². The second kappa shape index (κ2) is 11.4. The molecule has 1 aliphatic rings. The van der Waals surface area contributed by atoms with E-state index in [-0.39, 0.29) is 17.2 Å². The molecule has 0 amide bonds. The van der Waals surface area contributed by atoms with Crippen LogP contribution in [-0.2, 0) is 14.6 Å². The van der Waals surface area contributed by atoms with Gasteiger partial charge in [0, 0.05) is 6.54 Å². The summed E-state index contributed by atoms with van der Waals surface area (Å²) in [6.45, 7) is 3.70. The quantitative estimate of drug-likeness (QED) is 0.269. The standard InChI is InChI=1S/C13H19N5O4.CH4O4S/c19-17(20)11-9-12(18(21)22)13(15-10-11)14-5-4-8-16-6-2-1-3-7-16;1-5-6(2,3)4/h9-10H,1-8H2,(H,14,15);1H3,(H,2,3,4). The Morgan fingerprint density at radius 3 is 2.36 bits per heavy atom. The number of aromatic nitrogens is 1. The summed E-state index contributed by atoms with van der Waals surface area (Å²) in [4.78, 5) is 26.4. The van der Waals surface area contributed by atoms with E-state index in [1.165, 1.54) is 19.3 Å². The zero-order valence-electron chi connectivity index (χ0n) is 15.3. The molecule has 0 aliphatic carbocycles. The predicted octanol–water partition coefficient (Wildman–Crippen LogP) is 1.62. The average molecular weight is 421 g/mol. The summed E-state index contributed by atoms with van der Waals surface area (Å²) in [6.07, 6.45) is 5.61. The van der Waals surface area contributed by atoms with E-state index in [0.29, 0.717) is 6.54 Å². The van der Waals surface area contributed by atoms with Crippen molar-refractivity contribution in [2.75, 3.05) is 38.6 Å². The van der Waals surface area contributed by atoms with E-state index in [9.17, 15) is 28.6 Å². The number of likely N-dealkylation sites (tertiary alicyclic amines) is 1. The molecule has 1 aliphatic heterocycles. The zero-order valence-corrected chi connectivity index (χ0v) is 16.1. The van der Waals surface area contributed by atoms with E-state index in [1.54, 1.807) is 0 Å². The van der Waals surface area contributed by atoms with Crippen molar-refractivity contribution < 1.29 is 27.0 Å². The zero-order chi connectivity index (χ0) is 21.2. The van der Waals surface area contributed by atoms with Gasteiger partial charge in [-0.3, -0.25) is 29.0 Å². The Balaban J connectivity index is 0.000000568. The summed E-state index contributed by atoms with van der Waals surface area (Å²) < 4.78 is 29.7. The van der Waals surface area contributed by atoms with E-state index in [0.717, 1.165) is 45.4 Å². The Hall–Kier alpha value is -2.42. The Bertz CT molecular complexity index is 767. The van der Waals surface area contributed by atoms with E-state index in [1.807, 2.05) is 0 Å². The Kier molecular flexibility index (Phi) is 9.64. The maximum atomic E-state index is 11.0. The number of hydrogen-bond donors (Lipinski definition) is 2. The van der Waals surface area contributed by atoms with Crippen molar-refractivity contribution in [3.8, 4) is 0 Å². The van der Waals surface area contributed by atoms with Crippen molar-refractivity contribution in [1.82, 2.24) is 9.88 Å². The van der Waals surface area contributed by atoms with Crippen molar-refractivity contribution in [1.29, 1.82) is 0 Å². The molecule has 1 aromatic rings. The molecule has 1 fully saturated rings. The maximum Gasteiger partial charge on any atom is 0.397 e. The molecule has 0 atom stereocenters. The second-order valence-corrected chi connectivity index (χ2v) is 7.04. The molecule has 2 rings (SSSR count). The number of piperidine rings is 1. The molecular weight excluding hydrogens is 398 g/mol. The minimum Gasteiger partial charge on any atom is -0.364 e. The van der Waals surface area contributed by atoms with Crippen molar-refractivity contribution in [2.45, 2.75) is 25.7 Å². The molecule has 28 heavy (non-hydrogen) atoms. The molecule has 2 N–H and O–H groups in total. The number of anilines is 1. The molecule has 14 heteroatoms. The fourth-order valence-electron chi connectivity index (χ4n) is 2.51. The van der Waals surface area contributed by atoms with Gasteiger partial charge in [-0.1, -0.05) is 6.42 Å². The lowest BCUT2D eigenvalue weighted by atomic mass is 10.1. The molecule has 0 aromatic carbocycles. The molecule has 1 saturated heterocycles. The van der Waals surface area contributed by atoms with Crippen LogP contribution in [0.15, 0.2) is 12.3 Å². The van der Waals surface area contributed by atoms with Gasteiger partial charge in [-0.15, -0.1) is 0 Å². The number of nitro groups is 2. The van der Waals surface area contributed by atoms with Crippen molar-refractivity contribution >= 4 is 27.6 Å². The average Bonchev–Trinajstić information content (AvgIpc) is 2.65. The third kappa shape index (κ3) is 8.98. The van der Waals surface area contributed by atoms with Gasteiger partial charge in [0.25, 0.3) is 5.69 Å². The summed E-state index contributed by atoms with van der Waals surface area (Å²) >= 11 is 0. The Morgan fingerprint density at radius 2 is 1.86 bits per heavy atom. The summed E-state index contributed by atoms with van der Waals surface area (Å²) in [7, 11) is -3.29.